The molecule has 0 saturated carbocycles. The molecule has 1 aromatic heterocycles. The lowest BCUT2D eigenvalue weighted by atomic mass is 9.98. The quantitative estimate of drug-likeness (QED) is 0.751. The lowest BCUT2D eigenvalue weighted by Crippen LogP contribution is -2.46. The zero-order valence-corrected chi connectivity index (χ0v) is 12.8. The van der Waals surface area contributed by atoms with Crippen LogP contribution in [-0.2, 0) is 0 Å². The minimum Gasteiger partial charge on any atom is -0.388 e. The van der Waals surface area contributed by atoms with Crippen LogP contribution in [0.4, 0.5) is 4.79 Å². The van der Waals surface area contributed by atoms with Gasteiger partial charge >= 0.3 is 6.03 Å². The summed E-state index contributed by atoms with van der Waals surface area (Å²) in [5.41, 5.74) is 0.138. The van der Waals surface area contributed by atoms with Gasteiger partial charge in [-0.2, -0.15) is 0 Å². The van der Waals surface area contributed by atoms with E-state index in [0.29, 0.717) is 12.8 Å². The van der Waals surface area contributed by atoms with E-state index < -0.39 is 5.60 Å². The van der Waals surface area contributed by atoms with Gasteiger partial charge in [0.2, 0.25) is 0 Å². The lowest BCUT2D eigenvalue weighted by Gasteiger charge is -2.25. The minimum atomic E-state index is -0.821. The largest absolute Gasteiger partial charge is 0.388 e. The van der Waals surface area contributed by atoms with Crippen LogP contribution in [-0.4, -0.2) is 28.3 Å². The molecule has 19 heavy (non-hydrogen) atoms. The van der Waals surface area contributed by atoms with E-state index in [0.717, 1.165) is 10.7 Å². The monoisotopic (exact) mass is 285 g/mol. The molecule has 1 atom stereocenters. The summed E-state index contributed by atoms with van der Waals surface area (Å²) >= 11 is 1.53. The smallest absolute Gasteiger partial charge is 0.315 e. The highest BCUT2D eigenvalue weighted by molar-refractivity contribution is 7.09. The van der Waals surface area contributed by atoms with Crippen LogP contribution >= 0.6 is 11.3 Å². The van der Waals surface area contributed by atoms with Crippen LogP contribution in [0.2, 0.25) is 0 Å². The van der Waals surface area contributed by atoms with Gasteiger partial charge < -0.3 is 15.7 Å². The Balaban J connectivity index is 2.43. The first kappa shape index (κ1) is 15.9. The van der Waals surface area contributed by atoms with Crippen LogP contribution < -0.4 is 10.6 Å². The first-order valence-corrected chi connectivity index (χ1v) is 7.47. The second-order valence-electron chi connectivity index (χ2n) is 4.81. The first-order chi connectivity index (χ1) is 8.90. The maximum Gasteiger partial charge on any atom is 0.315 e. The van der Waals surface area contributed by atoms with Gasteiger partial charge in [-0.15, -0.1) is 11.3 Å². The molecule has 0 fully saturated rings. The first-order valence-electron chi connectivity index (χ1n) is 6.59. The van der Waals surface area contributed by atoms with Crippen molar-refractivity contribution in [3.05, 3.63) is 16.1 Å². The number of hydrogen-bond donors (Lipinski definition) is 3. The number of carbonyl (C=O) groups is 1. The van der Waals surface area contributed by atoms with Crippen LogP contribution in [0.25, 0.3) is 0 Å². The molecular formula is C13H23N3O2S. The molecule has 3 N–H and O–H groups in total. The predicted molar refractivity (Wildman–Crippen MR) is 77.3 cm³/mol. The number of urea groups is 1. The molecule has 0 saturated heterocycles. The molecule has 0 aliphatic rings. The van der Waals surface area contributed by atoms with Crippen molar-refractivity contribution in [2.24, 2.45) is 0 Å². The van der Waals surface area contributed by atoms with Crippen LogP contribution in [0.5, 0.6) is 0 Å². The number of aryl methyl sites for hydroxylation is 1. The van der Waals surface area contributed by atoms with E-state index >= 15 is 0 Å². The highest BCUT2D eigenvalue weighted by Gasteiger charge is 2.23. The Kier molecular flexibility index (Phi) is 5.75. The Morgan fingerprint density at radius 1 is 1.53 bits per heavy atom. The van der Waals surface area contributed by atoms with Crippen molar-refractivity contribution in [1.82, 2.24) is 15.6 Å². The van der Waals surface area contributed by atoms with E-state index in [-0.39, 0.29) is 18.6 Å². The van der Waals surface area contributed by atoms with Crippen LogP contribution in [0.3, 0.4) is 0 Å². The summed E-state index contributed by atoms with van der Waals surface area (Å²) in [6.45, 7) is 7.89. The summed E-state index contributed by atoms with van der Waals surface area (Å²) in [7, 11) is 0. The molecule has 0 spiro atoms. The summed E-state index contributed by atoms with van der Waals surface area (Å²) in [5, 5.41) is 18.4. The number of rotatable bonds is 6. The molecule has 1 unspecified atom stereocenters. The lowest BCUT2D eigenvalue weighted by molar-refractivity contribution is 0.0349. The summed E-state index contributed by atoms with van der Waals surface area (Å²) < 4.78 is 0. The maximum absolute atomic E-state index is 11.8. The van der Waals surface area contributed by atoms with E-state index in [2.05, 4.69) is 15.6 Å². The number of carbonyl (C=O) groups excluding carboxylic acids is 1. The van der Waals surface area contributed by atoms with Crippen LogP contribution in [0, 0.1) is 6.92 Å². The number of amides is 2. The van der Waals surface area contributed by atoms with Crippen molar-refractivity contribution < 1.29 is 9.90 Å². The Labute approximate surface area is 118 Å². The van der Waals surface area contributed by atoms with Gasteiger partial charge in [-0.25, -0.2) is 9.78 Å². The molecule has 0 bridgehead atoms. The summed E-state index contributed by atoms with van der Waals surface area (Å²) in [4.78, 5) is 16.1. The molecular weight excluding hydrogens is 262 g/mol. The van der Waals surface area contributed by atoms with Crippen molar-refractivity contribution in [2.45, 2.75) is 52.2 Å². The van der Waals surface area contributed by atoms with Gasteiger partial charge in [0.05, 0.1) is 11.6 Å². The molecule has 0 aromatic carbocycles. The van der Waals surface area contributed by atoms with Gasteiger partial charge in [0, 0.05) is 17.6 Å². The van der Waals surface area contributed by atoms with Crippen LogP contribution in [0.1, 0.15) is 50.4 Å². The standard InChI is InChI=1S/C13H23N3O2S/c1-5-13(18,6-2)8-14-12(17)16-10(4)11-15-9(3)7-19-11/h7,10,18H,5-6,8H2,1-4H3,(H2,14,16,17). The number of hydrogen-bond acceptors (Lipinski definition) is 4. The average molecular weight is 285 g/mol. The van der Waals surface area contributed by atoms with E-state index in [4.69, 9.17) is 0 Å². The number of nitrogens with one attached hydrogen (secondary N) is 2. The van der Waals surface area contributed by atoms with E-state index in [1.54, 1.807) is 0 Å². The number of thiazole rings is 1. The van der Waals surface area contributed by atoms with E-state index in [1.165, 1.54) is 11.3 Å². The van der Waals surface area contributed by atoms with Gasteiger partial charge in [0.15, 0.2) is 0 Å². The SMILES string of the molecule is CCC(O)(CC)CNC(=O)NC(C)c1nc(C)cs1. The van der Waals surface area contributed by atoms with Crippen molar-refractivity contribution in [3.63, 3.8) is 0 Å². The fourth-order valence-electron chi connectivity index (χ4n) is 1.63. The molecule has 1 rings (SSSR count). The third-order valence-corrected chi connectivity index (χ3v) is 4.39. The fourth-order valence-corrected chi connectivity index (χ4v) is 2.43. The summed E-state index contributed by atoms with van der Waals surface area (Å²) in [6.07, 6.45) is 1.23. The maximum atomic E-state index is 11.8. The molecule has 2 amide bonds. The van der Waals surface area contributed by atoms with Gasteiger partial charge in [-0.1, -0.05) is 13.8 Å². The van der Waals surface area contributed by atoms with Gasteiger partial charge in [-0.05, 0) is 26.7 Å². The molecule has 5 nitrogen and oxygen atoms in total. The molecule has 6 heteroatoms. The molecule has 108 valence electrons. The topological polar surface area (TPSA) is 74.2 Å². The predicted octanol–water partition coefficient (Wildman–Crippen LogP) is 2.36. The Morgan fingerprint density at radius 2 is 2.16 bits per heavy atom. The normalized spacial score (nSPS) is 13.1. The average Bonchev–Trinajstić information content (AvgIpc) is 2.83. The highest BCUT2D eigenvalue weighted by atomic mass is 32.1. The molecule has 0 aliphatic carbocycles. The molecule has 1 heterocycles. The van der Waals surface area contributed by atoms with E-state index in [9.17, 15) is 9.90 Å². The highest BCUT2D eigenvalue weighted by Crippen LogP contribution is 2.17. The second kappa shape index (κ2) is 6.86. The van der Waals surface area contributed by atoms with Crippen molar-refractivity contribution in [2.75, 3.05) is 6.54 Å². The van der Waals surface area contributed by atoms with Gasteiger partial charge in [0.25, 0.3) is 0 Å². The van der Waals surface area contributed by atoms with Crippen molar-refractivity contribution >= 4 is 17.4 Å². The van der Waals surface area contributed by atoms with E-state index in [1.807, 2.05) is 33.1 Å². The van der Waals surface area contributed by atoms with Crippen LogP contribution in [0.15, 0.2) is 5.38 Å². The zero-order chi connectivity index (χ0) is 14.5. The Hall–Kier alpha value is -1.14. The molecule has 1 aromatic rings. The summed E-state index contributed by atoms with van der Waals surface area (Å²) in [6, 6.07) is -0.407. The molecule has 0 aliphatic heterocycles. The molecule has 0 radical (unpaired) electrons. The fraction of sp³-hybridized carbons (Fsp3) is 0.692. The third kappa shape index (κ3) is 4.80. The Morgan fingerprint density at radius 3 is 2.63 bits per heavy atom. The zero-order valence-electron chi connectivity index (χ0n) is 12.0. The summed E-state index contributed by atoms with van der Waals surface area (Å²) in [5.74, 6) is 0. The Bertz CT molecular complexity index is 416. The third-order valence-electron chi connectivity index (χ3n) is 3.25. The minimum absolute atomic E-state index is 0.130. The van der Waals surface area contributed by atoms with Gasteiger partial charge in [-0.3, -0.25) is 0 Å². The van der Waals surface area contributed by atoms with Crippen molar-refractivity contribution in [3.8, 4) is 0 Å². The number of aromatic nitrogens is 1. The number of aliphatic hydroxyl groups is 1. The second-order valence-corrected chi connectivity index (χ2v) is 5.70. The van der Waals surface area contributed by atoms with Crippen molar-refractivity contribution in [1.29, 1.82) is 0 Å². The number of nitrogens with zero attached hydrogens (tertiary/aromatic N) is 1. The van der Waals surface area contributed by atoms with Gasteiger partial charge in [0.1, 0.15) is 5.01 Å².